The van der Waals surface area contributed by atoms with Crippen LogP contribution in [0.25, 0.3) is 0 Å². The van der Waals surface area contributed by atoms with Gasteiger partial charge >= 0.3 is 0 Å². The van der Waals surface area contributed by atoms with E-state index in [1.165, 1.54) is 0 Å². The fraction of sp³-hybridized carbons (Fsp3) is 0.533. The molecule has 1 aliphatic heterocycles. The van der Waals surface area contributed by atoms with E-state index in [0.29, 0.717) is 23.7 Å². The second-order valence-corrected chi connectivity index (χ2v) is 6.11. The SMILES string of the molecule is Cl.NC[C@H]1CC[C@@H](C(=O)NCC(O)COc2cccc(Cl)c2Cl)O1. The van der Waals surface area contributed by atoms with Gasteiger partial charge in [-0.15, -0.1) is 12.4 Å². The molecule has 1 aromatic carbocycles. The van der Waals surface area contributed by atoms with Crippen LogP contribution in [-0.4, -0.2) is 49.0 Å². The summed E-state index contributed by atoms with van der Waals surface area (Å²) in [5, 5.41) is 13.2. The van der Waals surface area contributed by atoms with Crippen molar-refractivity contribution in [2.45, 2.75) is 31.2 Å². The van der Waals surface area contributed by atoms with Gasteiger partial charge in [-0.3, -0.25) is 4.79 Å². The van der Waals surface area contributed by atoms with E-state index in [4.69, 9.17) is 38.4 Å². The first kappa shape index (κ1) is 21.3. The maximum absolute atomic E-state index is 11.9. The van der Waals surface area contributed by atoms with E-state index < -0.39 is 12.2 Å². The van der Waals surface area contributed by atoms with Crippen molar-refractivity contribution in [2.75, 3.05) is 19.7 Å². The number of carbonyl (C=O) groups excluding carboxylic acids is 1. The lowest BCUT2D eigenvalue weighted by Gasteiger charge is -2.16. The number of rotatable bonds is 7. The topological polar surface area (TPSA) is 93.8 Å². The Morgan fingerprint density at radius 2 is 2.21 bits per heavy atom. The average molecular weight is 400 g/mol. The Kier molecular flexibility index (Phi) is 9.12. The zero-order chi connectivity index (χ0) is 16.8. The van der Waals surface area contributed by atoms with Gasteiger partial charge in [0.2, 0.25) is 5.91 Å². The van der Waals surface area contributed by atoms with Crippen molar-refractivity contribution in [3.05, 3.63) is 28.2 Å². The summed E-state index contributed by atoms with van der Waals surface area (Å²) >= 11 is 11.9. The van der Waals surface area contributed by atoms with Crippen LogP contribution in [0.3, 0.4) is 0 Å². The lowest BCUT2D eigenvalue weighted by Crippen LogP contribution is -2.41. The van der Waals surface area contributed by atoms with Gasteiger partial charge in [0.25, 0.3) is 0 Å². The predicted molar refractivity (Wildman–Crippen MR) is 95.2 cm³/mol. The summed E-state index contributed by atoms with van der Waals surface area (Å²) < 4.78 is 10.9. The molecule has 0 aromatic heterocycles. The Morgan fingerprint density at radius 1 is 1.46 bits per heavy atom. The first-order valence-electron chi connectivity index (χ1n) is 7.39. The normalized spacial score (nSPS) is 21.0. The van der Waals surface area contributed by atoms with Crippen LogP contribution in [0.15, 0.2) is 18.2 Å². The van der Waals surface area contributed by atoms with E-state index in [1.807, 2.05) is 0 Å². The molecule has 0 saturated carbocycles. The first-order valence-corrected chi connectivity index (χ1v) is 8.15. The summed E-state index contributed by atoms with van der Waals surface area (Å²) in [6.45, 7) is 0.447. The molecule has 9 heteroatoms. The van der Waals surface area contributed by atoms with Crippen LogP contribution in [0.5, 0.6) is 5.75 Å². The van der Waals surface area contributed by atoms with Gasteiger partial charge in [-0.1, -0.05) is 29.3 Å². The maximum Gasteiger partial charge on any atom is 0.249 e. The molecule has 24 heavy (non-hydrogen) atoms. The van der Waals surface area contributed by atoms with E-state index in [-0.39, 0.29) is 42.6 Å². The van der Waals surface area contributed by atoms with Gasteiger partial charge in [-0.25, -0.2) is 0 Å². The average Bonchev–Trinajstić information content (AvgIpc) is 3.03. The standard InChI is InChI=1S/C15H20Cl2N2O4.ClH/c16-11-2-1-3-12(14(11)17)22-8-9(20)7-19-15(21)13-5-4-10(6-18)23-13;/h1-3,9-10,13,20H,4-8,18H2,(H,19,21);1H/t9?,10-,13+;/m1./s1. The minimum absolute atomic E-state index is 0. The number of amides is 1. The van der Waals surface area contributed by atoms with Gasteiger partial charge in [0.1, 0.15) is 29.6 Å². The summed E-state index contributed by atoms with van der Waals surface area (Å²) in [7, 11) is 0. The van der Waals surface area contributed by atoms with Crippen molar-refractivity contribution < 1.29 is 19.4 Å². The van der Waals surface area contributed by atoms with Crippen LogP contribution in [0, 0.1) is 0 Å². The Hall–Kier alpha value is -0.760. The fourth-order valence-corrected chi connectivity index (χ4v) is 2.59. The van der Waals surface area contributed by atoms with E-state index in [1.54, 1.807) is 18.2 Å². The quantitative estimate of drug-likeness (QED) is 0.650. The zero-order valence-electron chi connectivity index (χ0n) is 12.9. The largest absolute Gasteiger partial charge is 0.489 e. The van der Waals surface area contributed by atoms with E-state index >= 15 is 0 Å². The number of aliphatic hydroxyl groups is 1. The number of aliphatic hydroxyl groups excluding tert-OH is 1. The van der Waals surface area contributed by atoms with Crippen LogP contribution in [0.4, 0.5) is 0 Å². The molecule has 0 radical (unpaired) electrons. The number of hydrogen-bond donors (Lipinski definition) is 3. The Labute approximate surface area is 157 Å². The van der Waals surface area contributed by atoms with Gasteiger partial charge in [0, 0.05) is 13.1 Å². The molecule has 6 nitrogen and oxygen atoms in total. The first-order chi connectivity index (χ1) is 11.0. The van der Waals surface area contributed by atoms with Gasteiger partial charge in [-0.2, -0.15) is 0 Å². The minimum atomic E-state index is -0.874. The van der Waals surface area contributed by atoms with Crippen LogP contribution < -0.4 is 15.8 Å². The highest BCUT2D eigenvalue weighted by atomic mass is 35.5. The molecule has 0 spiro atoms. The summed E-state index contributed by atoms with van der Waals surface area (Å²) in [5.41, 5.74) is 5.50. The third kappa shape index (κ3) is 5.95. The van der Waals surface area contributed by atoms with Gasteiger partial charge < -0.3 is 25.6 Å². The zero-order valence-corrected chi connectivity index (χ0v) is 15.2. The van der Waals surface area contributed by atoms with Crippen molar-refractivity contribution in [2.24, 2.45) is 5.73 Å². The van der Waals surface area contributed by atoms with Crippen molar-refractivity contribution in [3.8, 4) is 5.75 Å². The molecule has 1 unspecified atom stereocenters. The second-order valence-electron chi connectivity index (χ2n) is 5.32. The molecular weight excluding hydrogens is 379 g/mol. The number of benzene rings is 1. The molecule has 1 fully saturated rings. The molecule has 1 amide bonds. The highest BCUT2D eigenvalue weighted by Gasteiger charge is 2.29. The Balaban J connectivity index is 0.00000288. The van der Waals surface area contributed by atoms with E-state index in [0.717, 1.165) is 6.42 Å². The Bertz CT molecular complexity index is 547. The lowest BCUT2D eigenvalue weighted by atomic mass is 10.2. The molecule has 1 aromatic rings. The number of hydrogen-bond acceptors (Lipinski definition) is 5. The van der Waals surface area contributed by atoms with Crippen molar-refractivity contribution in [3.63, 3.8) is 0 Å². The van der Waals surface area contributed by atoms with Crippen LogP contribution in [-0.2, 0) is 9.53 Å². The number of ether oxygens (including phenoxy) is 2. The molecule has 3 atom stereocenters. The van der Waals surface area contributed by atoms with Crippen LogP contribution in [0.2, 0.25) is 10.0 Å². The molecule has 2 rings (SSSR count). The fourth-order valence-electron chi connectivity index (χ4n) is 2.24. The third-order valence-electron chi connectivity index (χ3n) is 3.52. The summed E-state index contributed by atoms with van der Waals surface area (Å²) in [5.74, 6) is 0.134. The smallest absolute Gasteiger partial charge is 0.249 e. The van der Waals surface area contributed by atoms with Crippen molar-refractivity contribution >= 4 is 41.5 Å². The monoisotopic (exact) mass is 398 g/mol. The lowest BCUT2D eigenvalue weighted by molar-refractivity contribution is -0.132. The van der Waals surface area contributed by atoms with Gasteiger partial charge in [0.05, 0.1) is 11.1 Å². The minimum Gasteiger partial charge on any atom is -0.489 e. The number of carbonyl (C=O) groups is 1. The summed E-state index contributed by atoms with van der Waals surface area (Å²) in [6.07, 6.45) is -0.0323. The number of nitrogens with two attached hydrogens (primary N) is 1. The highest BCUT2D eigenvalue weighted by molar-refractivity contribution is 6.42. The summed E-state index contributed by atoms with van der Waals surface area (Å²) in [6, 6.07) is 4.99. The molecular formula is C15H21Cl3N2O4. The Morgan fingerprint density at radius 3 is 2.88 bits per heavy atom. The van der Waals surface area contributed by atoms with Gasteiger partial charge in [0.15, 0.2) is 0 Å². The summed E-state index contributed by atoms with van der Waals surface area (Å²) in [4.78, 5) is 11.9. The number of nitrogens with one attached hydrogen (secondary N) is 1. The molecule has 1 aliphatic rings. The van der Waals surface area contributed by atoms with Crippen LogP contribution in [0.1, 0.15) is 12.8 Å². The molecule has 1 heterocycles. The molecule has 0 bridgehead atoms. The number of halogens is 3. The van der Waals surface area contributed by atoms with Crippen LogP contribution >= 0.6 is 35.6 Å². The maximum atomic E-state index is 11.9. The highest BCUT2D eigenvalue weighted by Crippen LogP contribution is 2.31. The predicted octanol–water partition coefficient (Wildman–Crippen LogP) is 1.78. The van der Waals surface area contributed by atoms with E-state index in [9.17, 15) is 9.90 Å². The molecule has 4 N–H and O–H groups in total. The van der Waals surface area contributed by atoms with Crippen molar-refractivity contribution in [1.29, 1.82) is 0 Å². The molecule has 0 aliphatic carbocycles. The van der Waals surface area contributed by atoms with Crippen molar-refractivity contribution in [1.82, 2.24) is 5.32 Å². The third-order valence-corrected chi connectivity index (χ3v) is 4.32. The van der Waals surface area contributed by atoms with Gasteiger partial charge in [-0.05, 0) is 25.0 Å². The molecule has 136 valence electrons. The second kappa shape index (κ2) is 10.3. The molecule has 1 saturated heterocycles. The van der Waals surface area contributed by atoms with E-state index in [2.05, 4.69) is 5.32 Å².